The normalized spacial score (nSPS) is 40.1. The highest BCUT2D eigenvalue weighted by atomic mass is 35.5. The van der Waals surface area contributed by atoms with Gasteiger partial charge in [-0.3, -0.25) is 9.59 Å². The first-order valence-electron chi connectivity index (χ1n) is 11.8. The Hall–Kier alpha value is -0.810. The molecular formula is C23H38ClN3O2. The van der Waals surface area contributed by atoms with Crippen LogP contribution in [0.1, 0.15) is 71.1 Å². The van der Waals surface area contributed by atoms with Crippen molar-refractivity contribution in [3.05, 3.63) is 0 Å². The molecule has 6 rings (SSSR count). The third-order valence-corrected chi connectivity index (χ3v) is 8.89. The zero-order valence-corrected chi connectivity index (χ0v) is 18.7. The van der Waals surface area contributed by atoms with Crippen molar-refractivity contribution in [1.82, 2.24) is 9.80 Å². The van der Waals surface area contributed by atoms with Crippen molar-refractivity contribution >= 4 is 24.2 Å². The molecular weight excluding hydrogens is 386 g/mol. The topological polar surface area (TPSA) is 66.6 Å². The maximum atomic E-state index is 13.8. The molecule has 0 radical (unpaired) electrons. The Morgan fingerprint density at radius 3 is 2.00 bits per heavy atom. The molecule has 29 heavy (non-hydrogen) atoms. The predicted octanol–water partition coefficient (Wildman–Crippen LogP) is 3.20. The number of hydrogen-bond donors (Lipinski definition) is 1. The highest BCUT2D eigenvalue weighted by Crippen LogP contribution is 2.60. The number of hydrogen-bond acceptors (Lipinski definition) is 3. The summed E-state index contributed by atoms with van der Waals surface area (Å²) in [6, 6.07) is 0.00486. The molecule has 6 heteroatoms. The van der Waals surface area contributed by atoms with Crippen molar-refractivity contribution in [3.8, 4) is 0 Å². The van der Waals surface area contributed by atoms with E-state index in [1.165, 1.54) is 19.3 Å². The van der Waals surface area contributed by atoms with Crippen LogP contribution in [-0.4, -0.2) is 53.3 Å². The SMILES string of the molecule is CC(N)C1CCN(C(=O)C2CCCN2C(=O)C23CC4CC(CC(C4)C2)C3)CC1.Cl. The lowest BCUT2D eigenvalue weighted by atomic mass is 9.49. The van der Waals surface area contributed by atoms with Gasteiger partial charge in [0.1, 0.15) is 6.04 Å². The number of nitrogens with zero attached hydrogens (tertiary/aromatic N) is 2. The molecule has 6 aliphatic rings. The van der Waals surface area contributed by atoms with E-state index in [2.05, 4.69) is 6.92 Å². The number of rotatable bonds is 3. The molecule has 4 bridgehead atoms. The molecule has 164 valence electrons. The van der Waals surface area contributed by atoms with E-state index >= 15 is 0 Å². The largest absolute Gasteiger partial charge is 0.341 e. The summed E-state index contributed by atoms with van der Waals surface area (Å²) in [5.41, 5.74) is 5.93. The minimum Gasteiger partial charge on any atom is -0.341 e. The van der Waals surface area contributed by atoms with Gasteiger partial charge >= 0.3 is 0 Å². The van der Waals surface area contributed by atoms with E-state index < -0.39 is 0 Å². The monoisotopic (exact) mass is 423 g/mol. The fraction of sp³-hybridized carbons (Fsp3) is 0.913. The zero-order chi connectivity index (χ0) is 19.5. The smallest absolute Gasteiger partial charge is 0.245 e. The Morgan fingerprint density at radius 1 is 0.931 bits per heavy atom. The molecule has 6 fully saturated rings. The van der Waals surface area contributed by atoms with Crippen LogP contribution in [-0.2, 0) is 9.59 Å². The summed E-state index contributed by atoms with van der Waals surface area (Å²) >= 11 is 0. The van der Waals surface area contributed by atoms with Gasteiger partial charge in [0.2, 0.25) is 11.8 Å². The average molecular weight is 424 g/mol. The summed E-state index contributed by atoms with van der Waals surface area (Å²) in [5, 5.41) is 0. The third kappa shape index (κ3) is 3.71. The lowest BCUT2D eigenvalue weighted by Crippen LogP contribution is -2.58. The van der Waals surface area contributed by atoms with Crippen LogP contribution in [0.2, 0.25) is 0 Å². The Bertz CT molecular complexity index is 609. The average Bonchev–Trinajstić information content (AvgIpc) is 3.15. The molecule has 2 unspecified atom stereocenters. The van der Waals surface area contributed by atoms with Crippen LogP contribution in [0.5, 0.6) is 0 Å². The highest BCUT2D eigenvalue weighted by molar-refractivity contribution is 5.91. The van der Waals surface area contributed by atoms with Gasteiger partial charge in [0, 0.05) is 25.7 Å². The Kier molecular flexibility index (Phi) is 5.93. The van der Waals surface area contributed by atoms with E-state index in [-0.39, 0.29) is 35.8 Å². The lowest BCUT2D eigenvalue weighted by Gasteiger charge is -2.56. The van der Waals surface area contributed by atoms with Crippen molar-refractivity contribution in [2.75, 3.05) is 19.6 Å². The van der Waals surface area contributed by atoms with Crippen molar-refractivity contribution in [1.29, 1.82) is 0 Å². The van der Waals surface area contributed by atoms with E-state index in [0.29, 0.717) is 11.8 Å². The molecule has 4 aliphatic carbocycles. The molecule has 0 aromatic heterocycles. The summed E-state index contributed by atoms with van der Waals surface area (Å²) in [4.78, 5) is 31.1. The quantitative estimate of drug-likeness (QED) is 0.757. The van der Waals surface area contributed by atoms with E-state index in [1.807, 2.05) is 9.80 Å². The van der Waals surface area contributed by atoms with E-state index in [0.717, 1.165) is 82.3 Å². The first-order chi connectivity index (χ1) is 13.4. The molecule has 2 N–H and O–H groups in total. The fourth-order valence-electron chi connectivity index (χ4n) is 7.80. The van der Waals surface area contributed by atoms with Gasteiger partial charge in [0.05, 0.1) is 5.41 Å². The van der Waals surface area contributed by atoms with Crippen molar-refractivity contribution in [2.45, 2.75) is 83.2 Å². The maximum Gasteiger partial charge on any atom is 0.245 e. The summed E-state index contributed by atoms with van der Waals surface area (Å²) in [5.74, 6) is 3.38. The Morgan fingerprint density at radius 2 is 1.48 bits per heavy atom. The zero-order valence-electron chi connectivity index (χ0n) is 17.9. The second-order valence-corrected chi connectivity index (χ2v) is 10.9. The number of amides is 2. The van der Waals surface area contributed by atoms with Gasteiger partial charge in [-0.1, -0.05) is 0 Å². The predicted molar refractivity (Wildman–Crippen MR) is 116 cm³/mol. The van der Waals surface area contributed by atoms with Gasteiger partial charge < -0.3 is 15.5 Å². The van der Waals surface area contributed by atoms with Crippen molar-refractivity contribution in [2.24, 2.45) is 34.8 Å². The van der Waals surface area contributed by atoms with E-state index in [1.54, 1.807) is 0 Å². The van der Waals surface area contributed by atoms with Gasteiger partial charge in [-0.2, -0.15) is 0 Å². The standard InChI is InChI=1S/C23H37N3O2.ClH/c1-15(24)19-4-7-25(8-5-19)21(27)20-3-2-6-26(20)22(28)23-12-16-9-17(13-23)11-18(10-16)14-23;/h15-20H,2-14,24H2,1H3;1H. The highest BCUT2D eigenvalue weighted by Gasteiger charge is 2.57. The number of carbonyl (C=O) groups is 2. The number of piperidine rings is 1. The lowest BCUT2D eigenvalue weighted by molar-refractivity contribution is -0.162. The van der Waals surface area contributed by atoms with Crippen LogP contribution in [0.15, 0.2) is 0 Å². The fourth-order valence-corrected chi connectivity index (χ4v) is 7.80. The summed E-state index contributed by atoms with van der Waals surface area (Å²) in [6.45, 7) is 4.47. The van der Waals surface area contributed by atoms with Crippen LogP contribution < -0.4 is 5.73 Å². The Labute approximate surface area is 181 Å². The third-order valence-electron chi connectivity index (χ3n) is 8.89. The van der Waals surface area contributed by atoms with Crippen LogP contribution >= 0.6 is 12.4 Å². The minimum absolute atomic E-state index is 0. The summed E-state index contributed by atoms with van der Waals surface area (Å²) in [7, 11) is 0. The summed E-state index contributed by atoms with van der Waals surface area (Å²) in [6.07, 6.45) is 11.2. The van der Waals surface area contributed by atoms with Gasteiger partial charge in [-0.15, -0.1) is 12.4 Å². The van der Waals surface area contributed by atoms with Crippen LogP contribution in [0.25, 0.3) is 0 Å². The molecule has 2 atom stereocenters. The second-order valence-electron chi connectivity index (χ2n) is 10.9. The molecule has 0 aromatic rings. The van der Waals surface area contributed by atoms with Crippen LogP contribution in [0.3, 0.4) is 0 Å². The van der Waals surface area contributed by atoms with Gasteiger partial charge in [0.15, 0.2) is 0 Å². The van der Waals surface area contributed by atoms with Gasteiger partial charge in [-0.25, -0.2) is 0 Å². The molecule has 2 heterocycles. The Balaban J connectivity index is 0.00000205. The number of likely N-dealkylation sites (tertiary alicyclic amines) is 2. The molecule has 2 aliphatic heterocycles. The molecule has 2 saturated heterocycles. The molecule has 0 aromatic carbocycles. The van der Waals surface area contributed by atoms with Crippen LogP contribution in [0, 0.1) is 29.1 Å². The molecule has 4 saturated carbocycles. The van der Waals surface area contributed by atoms with E-state index in [4.69, 9.17) is 5.73 Å². The number of nitrogens with two attached hydrogens (primary N) is 1. The number of carbonyl (C=O) groups excluding carboxylic acids is 2. The first kappa shape index (κ1) is 21.4. The molecule has 5 nitrogen and oxygen atoms in total. The van der Waals surface area contributed by atoms with Gasteiger partial charge in [0.25, 0.3) is 0 Å². The molecule has 2 amide bonds. The van der Waals surface area contributed by atoms with Crippen molar-refractivity contribution < 1.29 is 9.59 Å². The summed E-state index contributed by atoms with van der Waals surface area (Å²) < 4.78 is 0. The number of halogens is 1. The second kappa shape index (κ2) is 8.03. The van der Waals surface area contributed by atoms with E-state index in [9.17, 15) is 9.59 Å². The van der Waals surface area contributed by atoms with Gasteiger partial charge in [-0.05, 0) is 94.8 Å². The van der Waals surface area contributed by atoms with Crippen molar-refractivity contribution in [3.63, 3.8) is 0 Å². The van der Waals surface area contributed by atoms with Crippen LogP contribution in [0.4, 0.5) is 0 Å². The minimum atomic E-state index is -0.202. The molecule has 0 spiro atoms. The first-order valence-corrected chi connectivity index (χ1v) is 11.8. The maximum absolute atomic E-state index is 13.8.